The molecular weight excluding hydrogens is 491 g/mol. The summed E-state index contributed by atoms with van der Waals surface area (Å²) in [6.45, 7) is 0.722. The first-order valence-electron chi connectivity index (χ1n) is 8.45. The monoisotopic (exact) mass is 506 g/mol. The van der Waals surface area contributed by atoms with Gasteiger partial charge in [-0.05, 0) is 41.9 Å². The number of aromatic nitrogens is 1. The van der Waals surface area contributed by atoms with Crippen LogP contribution in [0.4, 0.5) is 23.0 Å². The van der Waals surface area contributed by atoms with E-state index in [0.29, 0.717) is 34.1 Å². The third kappa shape index (κ3) is 4.60. The highest BCUT2D eigenvalue weighted by atomic mass is 127. The number of nitrogens with zero attached hydrogens (tertiary/aromatic N) is 7. The Hall–Kier alpha value is -3.25. The molecule has 148 valence electrons. The van der Waals surface area contributed by atoms with Gasteiger partial charge < -0.3 is 10.2 Å². The fourth-order valence-electron chi connectivity index (χ4n) is 2.83. The number of benzene rings is 1. The average Bonchev–Trinajstić information content (AvgIpc) is 2.74. The first-order chi connectivity index (χ1) is 14.1. The normalized spacial score (nSPS) is 12.8. The molecular formula is C17H15IN8O3. The van der Waals surface area contributed by atoms with Gasteiger partial charge >= 0.3 is 5.91 Å². The van der Waals surface area contributed by atoms with Crippen LogP contribution >= 0.6 is 22.6 Å². The van der Waals surface area contributed by atoms with Gasteiger partial charge in [0.25, 0.3) is 0 Å². The SMILES string of the molecule is [N-]=[N+]=NCCN1CC(=O)N(CI)c2ccc(Nc3ccc(C(=O)N=O)cc3)nc21. The van der Waals surface area contributed by atoms with Crippen molar-refractivity contribution in [3.05, 3.63) is 57.3 Å². The average molecular weight is 506 g/mol. The van der Waals surface area contributed by atoms with E-state index in [1.165, 1.54) is 12.1 Å². The summed E-state index contributed by atoms with van der Waals surface area (Å²) in [5, 5.41) is 9.05. The minimum atomic E-state index is -0.831. The number of nitroso groups, excluding NO2 is 1. The summed E-state index contributed by atoms with van der Waals surface area (Å²) in [7, 11) is 0. The molecule has 2 aromatic rings. The van der Waals surface area contributed by atoms with E-state index >= 15 is 0 Å². The van der Waals surface area contributed by atoms with Crippen LogP contribution in [0.5, 0.6) is 0 Å². The quantitative estimate of drug-likeness (QED) is 0.116. The maximum absolute atomic E-state index is 12.4. The largest absolute Gasteiger partial charge is 0.345 e. The Morgan fingerprint density at radius 1 is 1.28 bits per heavy atom. The Kier molecular flexibility index (Phi) is 6.57. The highest BCUT2D eigenvalue weighted by Crippen LogP contribution is 2.34. The predicted octanol–water partition coefficient (Wildman–Crippen LogP) is 3.59. The third-order valence-corrected chi connectivity index (χ3v) is 4.89. The van der Waals surface area contributed by atoms with Gasteiger partial charge in [0, 0.05) is 34.4 Å². The smallest absolute Gasteiger partial charge is 0.316 e. The summed E-state index contributed by atoms with van der Waals surface area (Å²) in [6, 6.07) is 9.81. The molecule has 0 fully saturated rings. The number of carbonyl (C=O) groups excluding carboxylic acids is 2. The van der Waals surface area contributed by atoms with E-state index in [0.717, 1.165) is 0 Å². The lowest BCUT2D eigenvalue weighted by atomic mass is 10.2. The van der Waals surface area contributed by atoms with Gasteiger partial charge in [-0.25, -0.2) is 4.98 Å². The third-order valence-electron chi connectivity index (χ3n) is 4.21. The molecule has 0 atom stereocenters. The van der Waals surface area contributed by atoms with Crippen molar-refractivity contribution < 1.29 is 9.59 Å². The molecule has 0 bridgehead atoms. The van der Waals surface area contributed by atoms with Gasteiger partial charge in [-0.15, -0.1) is 4.91 Å². The van der Waals surface area contributed by atoms with Crippen molar-refractivity contribution >= 4 is 57.4 Å². The van der Waals surface area contributed by atoms with Crippen LogP contribution in [0.1, 0.15) is 10.4 Å². The Bertz CT molecular complexity index is 991. The van der Waals surface area contributed by atoms with Crippen molar-refractivity contribution in [1.82, 2.24) is 4.98 Å². The molecule has 1 N–H and O–H groups in total. The molecule has 1 aliphatic heterocycles. The molecule has 2 heterocycles. The number of pyridine rings is 1. The zero-order valence-electron chi connectivity index (χ0n) is 15.0. The van der Waals surface area contributed by atoms with E-state index in [1.807, 2.05) is 0 Å². The maximum Gasteiger partial charge on any atom is 0.316 e. The molecule has 0 aliphatic carbocycles. The lowest BCUT2D eigenvalue weighted by Gasteiger charge is -2.35. The van der Waals surface area contributed by atoms with Gasteiger partial charge in [0.2, 0.25) is 5.91 Å². The number of hydrogen-bond acceptors (Lipinski definition) is 7. The predicted molar refractivity (Wildman–Crippen MR) is 117 cm³/mol. The van der Waals surface area contributed by atoms with Gasteiger partial charge in [-0.2, -0.15) is 0 Å². The number of rotatable bonds is 7. The minimum Gasteiger partial charge on any atom is -0.345 e. The molecule has 11 nitrogen and oxygen atoms in total. The Morgan fingerprint density at radius 3 is 2.69 bits per heavy atom. The van der Waals surface area contributed by atoms with E-state index in [9.17, 15) is 14.5 Å². The van der Waals surface area contributed by atoms with Crippen LogP contribution in [0.2, 0.25) is 0 Å². The molecule has 1 aromatic carbocycles. The van der Waals surface area contributed by atoms with Crippen LogP contribution in [-0.4, -0.2) is 41.0 Å². The number of hydrogen-bond donors (Lipinski definition) is 1. The Morgan fingerprint density at radius 2 is 2.03 bits per heavy atom. The molecule has 0 saturated heterocycles. The molecule has 0 spiro atoms. The second-order valence-electron chi connectivity index (χ2n) is 5.96. The fraction of sp³-hybridized carbons (Fsp3) is 0.235. The van der Waals surface area contributed by atoms with Gasteiger partial charge in [0.1, 0.15) is 5.82 Å². The van der Waals surface area contributed by atoms with Gasteiger partial charge in [0.15, 0.2) is 5.82 Å². The Labute approximate surface area is 178 Å². The van der Waals surface area contributed by atoms with Crippen molar-refractivity contribution in [3.8, 4) is 0 Å². The lowest BCUT2D eigenvalue weighted by Crippen LogP contribution is -2.46. The van der Waals surface area contributed by atoms with E-state index < -0.39 is 5.91 Å². The van der Waals surface area contributed by atoms with Crippen molar-refractivity contribution in [2.75, 3.05) is 39.3 Å². The number of halogens is 1. The summed E-state index contributed by atoms with van der Waals surface area (Å²) < 4.78 is 0.489. The van der Waals surface area contributed by atoms with Gasteiger partial charge in [-0.3, -0.25) is 14.5 Å². The lowest BCUT2D eigenvalue weighted by molar-refractivity contribution is -0.117. The highest BCUT2D eigenvalue weighted by Gasteiger charge is 2.29. The number of nitrogens with one attached hydrogen (secondary N) is 1. The van der Waals surface area contributed by atoms with Crippen LogP contribution in [0.25, 0.3) is 10.4 Å². The van der Waals surface area contributed by atoms with Crippen molar-refractivity contribution in [2.45, 2.75) is 0 Å². The molecule has 1 aromatic heterocycles. The second kappa shape index (κ2) is 9.30. The standard InChI is InChI=1S/C17H15IN8O3/c18-10-26-13-5-6-14(21-12-3-1-11(2-4-12)17(28)23-29)22-16(13)25(9-15(26)27)8-7-20-24-19/h1-6H,7-10H2,(H,21,22). The summed E-state index contributed by atoms with van der Waals surface area (Å²) in [5.41, 5.74) is 10.0. The van der Waals surface area contributed by atoms with Crippen LogP contribution in [0.3, 0.4) is 0 Å². The van der Waals surface area contributed by atoms with Crippen molar-refractivity contribution in [1.29, 1.82) is 0 Å². The van der Waals surface area contributed by atoms with Gasteiger partial charge in [0.05, 0.1) is 16.8 Å². The summed E-state index contributed by atoms with van der Waals surface area (Å²) >= 11 is 2.12. The molecule has 29 heavy (non-hydrogen) atoms. The van der Waals surface area contributed by atoms with Gasteiger partial charge in [-0.1, -0.05) is 27.7 Å². The number of fused-ring (bicyclic) bond motifs is 1. The topological polar surface area (TPSA) is 144 Å². The zero-order valence-corrected chi connectivity index (χ0v) is 17.2. The Balaban J connectivity index is 1.87. The molecule has 12 heteroatoms. The highest BCUT2D eigenvalue weighted by molar-refractivity contribution is 14.1. The number of alkyl halides is 1. The van der Waals surface area contributed by atoms with Crippen molar-refractivity contribution in [2.24, 2.45) is 10.3 Å². The van der Waals surface area contributed by atoms with E-state index in [1.54, 1.807) is 34.1 Å². The number of azide groups is 1. The molecule has 0 unspecified atom stereocenters. The summed E-state index contributed by atoms with van der Waals surface area (Å²) in [4.78, 5) is 44.8. The second-order valence-corrected chi connectivity index (χ2v) is 6.64. The van der Waals surface area contributed by atoms with Crippen LogP contribution in [0, 0.1) is 4.91 Å². The molecule has 2 amide bonds. The number of carbonyl (C=O) groups is 2. The van der Waals surface area contributed by atoms with Crippen molar-refractivity contribution in [3.63, 3.8) is 0 Å². The number of amides is 2. The molecule has 3 rings (SSSR count). The number of anilines is 4. The fourth-order valence-corrected chi connectivity index (χ4v) is 3.58. The van der Waals surface area contributed by atoms with Crippen LogP contribution in [0.15, 0.2) is 46.7 Å². The van der Waals surface area contributed by atoms with Crippen LogP contribution in [-0.2, 0) is 4.79 Å². The first kappa shape index (κ1) is 20.5. The summed E-state index contributed by atoms with van der Waals surface area (Å²) in [6.07, 6.45) is 0. The molecule has 0 saturated carbocycles. The zero-order chi connectivity index (χ0) is 20.8. The van der Waals surface area contributed by atoms with Crippen LogP contribution < -0.4 is 15.1 Å². The molecule has 1 aliphatic rings. The van der Waals surface area contributed by atoms with E-state index in [2.05, 4.69) is 48.1 Å². The van der Waals surface area contributed by atoms with E-state index in [4.69, 9.17) is 5.53 Å². The van der Waals surface area contributed by atoms with E-state index in [-0.39, 0.29) is 24.6 Å². The molecule has 0 radical (unpaired) electrons. The maximum atomic E-state index is 12.4. The summed E-state index contributed by atoms with van der Waals surface area (Å²) in [5.74, 6) is 0.256. The first-order valence-corrected chi connectivity index (χ1v) is 9.98. The minimum absolute atomic E-state index is 0.0561.